The fourth-order valence-electron chi connectivity index (χ4n) is 0.360. The molecule has 3 nitrogen and oxygen atoms in total. The lowest BCUT2D eigenvalue weighted by Gasteiger charge is -1.95. The average molecular weight is 150 g/mol. The molecule has 0 fully saturated rings. The fraction of sp³-hybridized carbons (Fsp3) is 0.600. The lowest BCUT2D eigenvalue weighted by molar-refractivity contribution is 0.485. The predicted molar refractivity (Wildman–Crippen MR) is 35.8 cm³/mol. The topological polar surface area (TPSA) is 54.4 Å². The van der Waals surface area contributed by atoms with E-state index in [-0.39, 0.29) is 5.75 Å². The molecule has 0 radical (unpaired) electrons. The monoisotopic (exact) mass is 150 g/mol. The van der Waals surface area contributed by atoms with Crippen LogP contribution in [-0.2, 0) is 10.1 Å². The van der Waals surface area contributed by atoms with Gasteiger partial charge >= 0.3 is 0 Å². The van der Waals surface area contributed by atoms with Crippen LogP contribution in [-0.4, -0.2) is 18.7 Å². The molecule has 9 heavy (non-hydrogen) atoms. The Morgan fingerprint density at radius 2 is 2.11 bits per heavy atom. The molecule has 0 unspecified atom stereocenters. The van der Waals surface area contributed by atoms with Crippen LogP contribution in [0.2, 0.25) is 0 Å². The number of hydrogen-bond acceptors (Lipinski definition) is 2. The maximum Gasteiger partial charge on any atom is 0.268 e. The second-order valence-corrected chi connectivity index (χ2v) is 3.28. The largest absolute Gasteiger partial charge is 0.285 e. The first-order chi connectivity index (χ1) is 3.95. The van der Waals surface area contributed by atoms with Gasteiger partial charge in [-0.05, 0) is 6.42 Å². The third-order valence-corrected chi connectivity index (χ3v) is 1.66. The van der Waals surface area contributed by atoms with Gasteiger partial charge in [-0.3, -0.25) is 4.55 Å². The zero-order valence-corrected chi connectivity index (χ0v) is 6.11. The van der Waals surface area contributed by atoms with E-state index in [0.717, 1.165) is 0 Å². The fourth-order valence-corrected chi connectivity index (χ4v) is 1.08. The average Bonchev–Trinajstić information content (AvgIpc) is 1.62. The molecule has 0 bridgehead atoms. The molecule has 0 saturated heterocycles. The van der Waals surface area contributed by atoms with Gasteiger partial charge in [-0.1, -0.05) is 19.1 Å². The molecule has 0 aliphatic heterocycles. The molecule has 0 aromatic heterocycles. The highest BCUT2D eigenvalue weighted by molar-refractivity contribution is 7.85. The third-order valence-electron chi connectivity index (χ3n) is 0.887. The second-order valence-electron chi connectivity index (χ2n) is 1.83. The van der Waals surface area contributed by atoms with E-state index in [1.165, 1.54) is 0 Å². The highest BCUT2D eigenvalue weighted by atomic mass is 32.2. The highest BCUT2D eigenvalue weighted by Gasteiger charge is 2.04. The molecule has 0 aliphatic rings. The first kappa shape index (κ1) is 8.65. The van der Waals surface area contributed by atoms with Gasteiger partial charge in [0.05, 0.1) is 5.75 Å². The first-order valence-electron chi connectivity index (χ1n) is 2.57. The summed E-state index contributed by atoms with van der Waals surface area (Å²) in [5, 5.41) is 0. The minimum atomic E-state index is -3.83. The smallest absolute Gasteiger partial charge is 0.268 e. The van der Waals surface area contributed by atoms with Crippen LogP contribution in [0.5, 0.6) is 0 Å². The maximum atomic E-state index is 10.1. The standard InChI is InChI=1S/C5H10O3S/c1-3-5(2)4-9(6,7)8/h2-4H2,1H3,(H,6,7,8). The van der Waals surface area contributed by atoms with Gasteiger partial charge in [0.2, 0.25) is 0 Å². The summed E-state index contributed by atoms with van der Waals surface area (Å²) >= 11 is 0. The van der Waals surface area contributed by atoms with Gasteiger partial charge in [0.1, 0.15) is 0 Å². The molecule has 0 aliphatic carbocycles. The van der Waals surface area contributed by atoms with E-state index in [2.05, 4.69) is 6.58 Å². The molecule has 0 saturated carbocycles. The van der Waals surface area contributed by atoms with E-state index >= 15 is 0 Å². The van der Waals surface area contributed by atoms with Crippen LogP contribution in [0.1, 0.15) is 13.3 Å². The van der Waals surface area contributed by atoms with Crippen LogP contribution >= 0.6 is 0 Å². The number of hydrogen-bond donors (Lipinski definition) is 1. The Bertz CT molecular complexity index is 190. The molecular formula is C5H10O3S. The maximum absolute atomic E-state index is 10.1. The molecule has 0 heterocycles. The van der Waals surface area contributed by atoms with E-state index in [1.54, 1.807) is 6.92 Å². The Balaban J connectivity index is 3.91. The van der Waals surface area contributed by atoms with Gasteiger partial charge < -0.3 is 0 Å². The molecule has 0 amide bonds. The molecular weight excluding hydrogens is 140 g/mol. The summed E-state index contributed by atoms with van der Waals surface area (Å²) in [5.41, 5.74) is 0.525. The summed E-state index contributed by atoms with van der Waals surface area (Å²) in [7, 11) is -3.83. The summed E-state index contributed by atoms with van der Waals surface area (Å²) < 4.78 is 28.4. The van der Waals surface area contributed by atoms with Gasteiger partial charge in [-0.2, -0.15) is 8.42 Å². The van der Waals surface area contributed by atoms with E-state index in [0.29, 0.717) is 12.0 Å². The van der Waals surface area contributed by atoms with Crippen molar-refractivity contribution in [2.45, 2.75) is 13.3 Å². The highest BCUT2D eigenvalue weighted by Crippen LogP contribution is 1.99. The van der Waals surface area contributed by atoms with Crippen LogP contribution in [0.15, 0.2) is 12.2 Å². The lowest BCUT2D eigenvalue weighted by Crippen LogP contribution is -2.04. The van der Waals surface area contributed by atoms with E-state index in [1.807, 2.05) is 0 Å². The molecule has 4 heteroatoms. The molecule has 0 rings (SSSR count). The van der Waals surface area contributed by atoms with E-state index < -0.39 is 10.1 Å². The van der Waals surface area contributed by atoms with Crippen molar-refractivity contribution in [3.63, 3.8) is 0 Å². The van der Waals surface area contributed by atoms with Crippen molar-refractivity contribution in [3.05, 3.63) is 12.2 Å². The Labute approximate surface area is 55.1 Å². The van der Waals surface area contributed by atoms with Crippen LogP contribution < -0.4 is 0 Å². The minimum Gasteiger partial charge on any atom is -0.285 e. The normalized spacial score (nSPS) is 11.3. The first-order valence-corrected chi connectivity index (χ1v) is 4.18. The van der Waals surface area contributed by atoms with Gasteiger partial charge in [-0.25, -0.2) is 0 Å². The van der Waals surface area contributed by atoms with Crippen molar-refractivity contribution in [1.29, 1.82) is 0 Å². The van der Waals surface area contributed by atoms with Crippen molar-refractivity contribution in [1.82, 2.24) is 0 Å². The van der Waals surface area contributed by atoms with Gasteiger partial charge in [0, 0.05) is 0 Å². The molecule has 0 aromatic rings. The molecule has 1 N–H and O–H groups in total. The molecule has 54 valence electrons. The minimum absolute atomic E-state index is 0.316. The Hall–Kier alpha value is -0.350. The molecule has 0 spiro atoms. The SMILES string of the molecule is C=C(CC)CS(=O)(=O)O. The summed E-state index contributed by atoms with van der Waals surface area (Å²) in [6.45, 7) is 5.20. The van der Waals surface area contributed by atoms with Crippen molar-refractivity contribution in [2.75, 3.05) is 5.75 Å². The summed E-state index contributed by atoms with van der Waals surface area (Å²) in [6.07, 6.45) is 0.583. The van der Waals surface area contributed by atoms with Crippen LogP contribution in [0.3, 0.4) is 0 Å². The second kappa shape index (κ2) is 2.98. The van der Waals surface area contributed by atoms with Crippen LogP contribution in [0.4, 0.5) is 0 Å². The van der Waals surface area contributed by atoms with Crippen molar-refractivity contribution in [2.24, 2.45) is 0 Å². The lowest BCUT2D eigenvalue weighted by atomic mass is 10.3. The van der Waals surface area contributed by atoms with Crippen LogP contribution in [0, 0.1) is 0 Å². The Morgan fingerprint density at radius 1 is 1.67 bits per heavy atom. The van der Waals surface area contributed by atoms with E-state index in [9.17, 15) is 8.42 Å². The van der Waals surface area contributed by atoms with Crippen molar-refractivity contribution >= 4 is 10.1 Å². The number of rotatable bonds is 3. The third kappa shape index (κ3) is 5.52. The Kier molecular flexibility index (Phi) is 2.87. The summed E-state index contributed by atoms with van der Waals surface area (Å²) in [6, 6.07) is 0. The zero-order chi connectivity index (χ0) is 7.49. The van der Waals surface area contributed by atoms with Gasteiger partial charge in [0.25, 0.3) is 10.1 Å². The van der Waals surface area contributed by atoms with Crippen molar-refractivity contribution < 1.29 is 13.0 Å². The molecule has 0 aromatic carbocycles. The van der Waals surface area contributed by atoms with Crippen molar-refractivity contribution in [3.8, 4) is 0 Å². The summed E-state index contributed by atoms with van der Waals surface area (Å²) in [4.78, 5) is 0. The van der Waals surface area contributed by atoms with Gasteiger partial charge in [0.15, 0.2) is 0 Å². The quantitative estimate of drug-likeness (QED) is 0.479. The Morgan fingerprint density at radius 3 is 2.22 bits per heavy atom. The van der Waals surface area contributed by atoms with E-state index in [4.69, 9.17) is 4.55 Å². The van der Waals surface area contributed by atoms with Gasteiger partial charge in [-0.15, -0.1) is 0 Å². The molecule has 0 atom stereocenters. The predicted octanol–water partition coefficient (Wildman–Crippen LogP) is 0.840. The summed E-state index contributed by atoms with van der Waals surface area (Å²) in [5.74, 6) is -0.316. The zero-order valence-electron chi connectivity index (χ0n) is 5.29. The van der Waals surface area contributed by atoms with Crippen LogP contribution in [0.25, 0.3) is 0 Å².